The topological polar surface area (TPSA) is 107 Å². The van der Waals surface area contributed by atoms with E-state index in [1.54, 1.807) is 42.0 Å². The summed E-state index contributed by atoms with van der Waals surface area (Å²) in [5.41, 5.74) is 2.35. The second-order valence-corrected chi connectivity index (χ2v) is 7.18. The Bertz CT molecular complexity index is 981. The van der Waals surface area contributed by atoms with Gasteiger partial charge in [0.15, 0.2) is 18.1 Å². The van der Waals surface area contributed by atoms with Gasteiger partial charge in [0.25, 0.3) is 5.91 Å². The Balaban J connectivity index is 1.93. The molecule has 1 aromatic carbocycles. The molecule has 9 nitrogen and oxygen atoms in total. The molecule has 0 aliphatic heterocycles. The average Bonchev–Trinajstić information content (AvgIpc) is 3.09. The van der Waals surface area contributed by atoms with E-state index in [1.807, 2.05) is 18.2 Å². The van der Waals surface area contributed by atoms with Gasteiger partial charge in [-0.25, -0.2) is 9.59 Å². The van der Waals surface area contributed by atoms with E-state index in [4.69, 9.17) is 18.9 Å². The Hall–Kier alpha value is -3.49. The van der Waals surface area contributed by atoms with Crippen LogP contribution in [0.25, 0.3) is 0 Å². The first kappa shape index (κ1) is 24.8. The Kier molecular flexibility index (Phi) is 8.69. The van der Waals surface area contributed by atoms with Crippen LogP contribution in [0.1, 0.15) is 44.6 Å². The molecule has 32 heavy (non-hydrogen) atoms. The Morgan fingerprint density at radius 3 is 2.31 bits per heavy atom. The van der Waals surface area contributed by atoms with Gasteiger partial charge in [-0.3, -0.25) is 4.79 Å². The number of methoxy groups -OCH3 is 2. The van der Waals surface area contributed by atoms with Gasteiger partial charge in [-0.2, -0.15) is 0 Å². The molecule has 2 rings (SSSR count). The molecule has 0 fully saturated rings. The second-order valence-electron chi connectivity index (χ2n) is 7.18. The van der Waals surface area contributed by atoms with Crippen molar-refractivity contribution in [1.82, 2.24) is 9.88 Å². The monoisotopic (exact) mass is 446 g/mol. The van der Waals surface area contributed by atoms with Gasteiger partial charge in [-0.15, -0.1) is 0 Å². The first-order valence-corrected chi connectivity index (χ1v) is 10.2. The van der Waals surface area contributed by atoms with E-state index in [2.05, 4.69) is 4.98 Å². The number of hydrogen-bond acceptors (Lipinski definition) is 7. The van der Waals surface area contributed by atoms with Gasteiger partial charge >= 0.3 is 11.9 Å². The molecule has 174 valence electrons. The minimum absolute atomic E-state index is 0.131. The normalized spacial score (nSPS) is 10.4. The van der Waals surface area contributed by atoms with E-state index in [9.17, 15) is 14.4 Å². The van der Waals surface area contributed by atoms with Crippen molar-refractivity contribution in [2.24, 2.45) is 0 Å². The molecule has 0 aliphatic rings. The minimum atomic E-state index is -0.706. The van der Waals surface area contributed by atoms with E-state index in [-0.39, 0.29) is 18.2 Å². The SMILES string of the molecule is CCOC(=O)c1c(C)[nH]c(C(=O)OCC(=O)N(C)CCc2ccc(OC)c(OC)c2)c1C. The van der Waals surface area contributed by atoms with Crippen molar-refractivity contribution in [3.63, 3.8) is 0 Å². The van der Waals surface area contributed by atoms with Crippen LogP contribution in [0.15, 0.2) is 18.2 Å². The number of nitrogens with one attached hydrogen (secondary N) is 1. The first-order chi connectivity index (χ1) is 15.2. The maximum atomic E-state index is 12.4. The number of aromatic amines is 1. The number of likely N-dealkylation sites (N-methyl/N-ethyl adjacent to an activating group) is 1. The van der Waals surface area contributed by atoms with Crippen molar-refractivity contribution in [1.29, 1.82) is 0 Å². The standard InChI is InChI=1S/C23H30N2O7/c1-7-31-22(27)20-14(2)21(24-15(20)3)23(28)32-13-19(26)25(4)11-10-16-8-9-17(29-5)18(12-16)30-6/h8-9,12,24H,7,10-11,13H2,1-6H3. The summed E-state index contributed by atoms with van der Waals surface area (Å²) >= 11 is 0. The molecule has 2 aromatic rings. The van der Waals surface area contributed by atoms with Crippen LogP contribution in [0.4, 0.5) is 0 Å². The van der Waals surface area contributed by atoms with E-state index in [0.29, 0.717) is 41.3 Å². The van der Waals surface area contributed by atoms with Gasteiger partial charge in [0, 0.05) is 19.3 Å². The number of carbonyl (C=O) groups is 3. The van der Waals surface area contributed by atoms with Gasteiger partial charge in [0.05, 0.1) is 26.4 Å². The van der Waals surface area contributed by atoms with Crippen LogP contribution in [-0.4, -0.2) is 68.8 Å². The zero-order valence-electron chi connectivity index (χ0n) is 19.4. The number of aryl methyl sites for hydroxylation is 1. The van der Waals surface area contributed by atoms with Crippen LogP contribution >= 0.6 is 0 Å². The predicted molar refractivity (Wildman–Crippen MR) is 117 cm³/mol. The maximum Gasteiger partial charge on any atom is 0.355 e. The van der Waals surface area contributed by atoms with Crippen molar-refractivity contribution in [2.45, 2.75) is 27.2 Å². The van der Waals surface area contributed by atoms with Gasteiger partial charge in [0.2, 0.25) is 0 Å². The Labute approximate surface area is 187 Å². The largest absolute Gasteiger partial charge is 0.493 e. The summed E-state index contributed by atoms with van der Waals surface area (Å²) < 4.78 is 20.7. The summed E-state index contributed by atoms with van der Waals surface area (Å²) in [4.78, 5) is 41.2. The van der Waals surface area contributed by atoms with Gasteiger partial charge in [-0.1, -0.05) is 6.07 Å². The fourth-order valence-corrected chi connectivity index (χ4v) is 3.23. The fourth-order valence-electron chi connectivity index (χ4n) is 3.23. The lowest BCUT2D eigenvalue weighted by molar-refractivity contribution is -0.133. The number of ether oxygens (including phenoxy) is 4. The molecule has 0 radical (unpaired) electrons. The summed E-state index contributed by atoms with van der Waals surface area (Å²) in [6, 6.07) is 5.56. The third-order valence-corrected chi connectivity index (χ3v) is 5.06. The van der Waals surface area contributed by atoms with E-state index in [1.165, 1.54) is 4.90 Å². The molecule has 1 aromatic heterocycles. The molecule has 0 spiro atoms. The van der Waals surface area contributed by atoms with Crippen LogP contribution in [0, 0.1) is 13.8 Å². The van der Waals surface area contributed by atoms with E-state index in [0.717, 1.165) is 5.56 Å². The van der Waals surface area contributed by atoms with Crippen LogP contribution in [0.5, 0.6) is 11.5 Å². The third kappa shape index (κ3) is 5.81. The van der Waals surface area contributed by atoms with Crippen molar-refractivity contribution >= 4 is 17.8 Å². The number of rotatable bonds is 10. The number of esters is 2. The lowest BCUT2D eigenvalue weighted by atomic mass is 10.1. The van der Waals surface area contributed by atoms with Crippen molar-refractivity contribution in [2.75, 3.05) is 41.0 Å². The highest BCUT2D eigenvalue weighted by Crippen LogP contribution is 2.27. The average molecular weight is 447 g/mol. The lowest BCUT2D eigenvalue weighted by Crippen LogP contribution is -2.33. The van der Waals surface area contributed by atoms with Gasteiger partial charge < -0.3 is 28.8 Å². The third-order valence-electron chi connectivity index (χ3n) is 5.06. The molecule has 1 amide bonds. The van der Waals surface area contributed by atoms with Crippen LogP contribution in [-0.2, 0) is 20.7 Å². The molecule has 0 saturated heterocycles. The number of H-pyrrole nitrogens is 1. The molecule has 1 heterocycles. The van der Waals surface area contributed by atoms with Crippen molar-refractivity contribution in [3.8, 4) is 11.5 Å². The predicted octanol–water partition coefficient (Wildman–Crippen LogP) is 2.68. The van der Waals surface area contributed by atoms with Crippen LogP contribution in [0.3, 0.4) is 0 Å². The smallest absolute Gasteiger partial charge is 0.355 e. The molecule has 0 atom stereocenters. The Morgan fingerprint density at radius 1 is 1.00 bits per heavy atom. The molecule has 0 bridgehead atoms. The zero-order valence-corrected chi connectivity index (χ0v) is 19.4. The summed E-state index contributed by atoms with van der Waals surface area (Å²) in [7, 11) is 4.77. The summed E-state index contributed by atoms with van der Waals surface area (Å²) in [5, 5.41) is 0. The molecular formula is C23H30N2O7. The van der Waals surface area contributed by atoms with Crippen molar-refractivity contribution < 1.29 is 33.3 Å². The summed E-state index contributed by atoms with van der Waals surface area (Å²) in [6.45, 7) is 5.25. The number of nitrogens with zero attached hydrogens (tertiary/aromatic N) is 1. The van der Waals surface area contributed by atoms with E-state index < -0.39 is 18.5 Å². The number of hydrogen-bond donors (Lipinski definition) is 1. The molecule has 0 aliphatic carbocycles. The zero-order chi connectivity index (χ0) is 23.8. The summed E-state index contributed by atoms with van der Waals surface area (Å²) in [5.74, 6) is -0.308. The Morgan fingerprint density at radius 2 is 1.69 bits per heavy atom. The molecular weight excluding hydrogens is 416 g/mol. The molecule has 0 saturated carbocycles. The maximum absolute atomic E-state index is 12.4. The minimum Gasteiger partial charge on any atom is -0.493 e. The molecule has 9 heteroatoms. The highest BCUT2D eigenvalue weighted by atomic mass is 16.5. The first-order valence-electron chi connectivity index (χ1n) is 10.2. The van der Waals surface area contributed by atoms with Gasteiger partial charge in [0.1, 0.15) is 5.69 Å². The highest BCUT2D eigenvalue weighted by Gasteiger charge is 2.24. The summed E-state index contributed by atoms with van der Waals surface area (Å²) in [6.07, 6.45) is 0.592. The number of amides is 1. The van der Waals surface area contributed by atoms with Crippen LogP contribution in [0.2, 0.25) is 0 Å². The number of aromatic nitrogens is 1. The lowest BCUT2D eigenvalue weighted by Gasteiger charge is -2.17. The van der Waals surface area contributed by atoms with Gasteiger partial charge in [-0.05, 0) is 50.5 Å². The van der Waals surface area contributed by atoms with Crippen molar-refractivity contribution in [3.05, 3.63) is 46.3 Å². The molecule has 0 unspecified atom stereocenters. The van der Waals surface area contributed by atoms with E-state index >= 15 is 0 Å². The fraction of sp³-hybridized carbons (Fsp3) is 0.435. The number of benzene rings is 1. The highest BCUT2D eigenvalue weighted by molar-refractivity contribution is 5.99. The second kappa shape index (κ2) is 11.2. The quantitative estimate of drug-likeness (QED) is 0.559. The number of carbonyl (C=O) groups excluding carboxylic acids is 3. The molecule has 1 N–H and O–H groups in total. The van der Waals surface area contributed by atoms with Crippen LogP contribution < -0.4 is 9.47 Å².